The number of pyridine rings is 1. The summed E-state index contributed by atoms with van der Waals surface area (Å²) < 4.78 is 2.91. The average Bonchev–Trinajstić information content (AvgIpc) is 3.38. The first kappa shape index (κ1) is 19.0. The fourth-order valence-corrected chi connectivity index (χ4v) is 3.08. The molecule has 30 heavy (non-hydrogen) atoms. The Morgan fingerprint density at radius 1 is 1.30 bits per heavy atom. The lowest BCUT2D eigenvalue weighted by atomic mass is 10.2. The molecule has 0 aliphatic heterocycles. The minimum Gasteiger partial charge on any atom is -0.504 e. The smallest absolute Gasteiger partial charge is 0.305 e. The van der Waals surface area contributed by atoms with Gasteiger partial charge in [0.15, 0.2) is 11.6 Å². The van der Waals surface area contributed by atoms with E-state index in [0.717, 1.165) is 0 Å². The van der Waals surface area contributed by atoms with Crippen LogP contribution in [0.1, 0.15) is 22.6 Å². The average molecular weight is 411 g/mol. The Bertz CT molecular complexity index is 1300. The molecule has 4 rings (SSSR count). The van der Waals surface area contributed by atoms with Gasteiger partial charge in [-0.25, -0.2) is 9.97 Å². The molecule has 4 heterocycles. The van der Waals surface area contributed by atoms with Crippen LogP contribution in [-0.2, 0) is 18.4 Å². The number of fused-ring (bicyclic) bond motifs is 1. The summed E-state index contributed by atoms with van der Waals surface area (Å²) in [6, 6.07) is 1.53. The first-order valence-corrected chi connectivity index (χ1v) is 8.80. The number of nitrogens with two attached hydrogens (primary N) is 1. The van der Waals surface area contributed by atoms with E-state index in [4.69, 9.17) is 10.8 Å². The number of aryl methyl sites for hydroxylation is 3. The number of carboxylic acids is 1. The van der Waals surface area contributed by atoms with Crippen molar-refractivity contribution in [1.29, 1.82) is 0 Å². The lowest BCUT2D eigenvalue weighted by molar-refractivity contribution is -0.137. The van der Waals surface area contributed by atoms with Gasteiger partial charge in [0.05, 0.1) is 24.7 Å². The number of aromatic hydroxyl groups is 1. The van der Waals surface area contributed by atoms with Crippen LogP contribution in [0.5, 0.6) is 5.75 Å². The van der Waals surface area contributed by atoms with Crippen molar-refractivity contribution in [3.05, 3.63) is 23.7 Å². The Balaban J connectivity index is 1.83. The molecule has 0 bridgehead atoms. The summed E-state index contributed by atoms with van der Waals surface area (Å²) in [5, 5.41) is 35.1. The third kappa shape index (κ3) is 3.11. The summed E-state index contributed by atoms with van der Waals surface area (Å²) in [7, 11) is 1.71. The minimum atomic E-state index is -1.00. The van der Waals surface area contributed by atoms with Crippen LogP contribution in [0, 0.1) is 6.92 Å². The number of rotatable bonds is 6. The van der Waals surface area contributed by atoms with Crippen LogP contribution in [0.4, 0.5) is 0 Å². The normalized spacial score (nSPS) is 11.3. The maximum atomic E-state index is 11.7. The molecule has 0 saturated carbocycles. The van der Waals surface area contributed by atoms with Crippen molar-refractivity contribution in [2.75, 3.05) is 0 Å². The Morgan fingerprint density at radius 2 is 2.07 bits per heavy atom. The number of amides is 1. The first-order chi connectivity index (χ1) is 14.3. The van der Waals surface area contributed by atoms with Crippen LogP contribution in [0.3, 0.4) is 0 Å². The lowest BCUT2D eigenvalue weighted by Crippen LogP contribution is -2.13. The van der Waals surface area contributed by atoms with Crippen molar-refractivity contribution >= 4 is 22.8 Å². The molecule has 1 amide bonds. The zero-order valence-electron chi connectivity index (χ0n) is 16.0. The number of primary amides is 1. The van der Waals surface area contributed by atoms with Crippen molar-refractivity contribution < 1.29 is 19.8 Å². The van der Waals surface area contributed by atoms with Crippen LogP contribution in [0.2, 0.25) is 0 Å². The van der Waals surface area contributed by atoms with E-state index in [1.807, 2.05) is 0 Å². The van der Waals surface area contributed by atoms with Gasteiger partial charge in [0, 0.05) is 12.4 Å². The van der Waals surface area contributed by atoms with Crippen LogP contribution < -0.4 is 5.73 Å². The number of nitrogens with one attached hydrogen (secondary N) is 1. The van der Waals surface area contributed by atoms with Gasteiger partial charge in [0.1, 0.15) is 22.8 Å². The minimum absolute atomic E-state index is 0.0256. The Hall–Kier alpha value is -4.29. The molecular weight excluding hydrogens is 394 g/mol. The van der Waals surface area contributed by atoms with Crippen LogP contribution in [0.15, 0.2) is 12.3 Å². The van der Waals surface area contributed by atoms with Gasteiger partial charge in [0.2, 0.25) is 5.82 Å². The summed E-state index contributed by atoms with van der Waals surface area (Å²) >= 11 is 0. The maximum Gasteiger partial charge on any atom is 0.305 e. The zero-order chi connectivity index (χ0) is 21.6. The van der Waals surface area contributed by atoms with Crippen LogP contribution in [0.25, 0.3) is 33.9 Å². The quantitative estimate of drug-likeness (QED) is 0.343. The monoisotopic (exact) mass is 411 g/mol. The molecule has 4 aromatic rings. The number of hydrogen-bond acceptors (Lipinski definition) is 8. The van der Waals surface area contributed by atoms with E-state index in [1.54, 1.807) is 24.9 Å². The topological polar surface area (TPSA) is 191 Å². The molecule has 5 N–H and O–H groups in total. The number of aromatic nitrogens is 8. The van der Waals surface area contributed by atoms with E-state index in [2.05, 4.69) is 30.4 Å². The van der Waals surface area contributed by atoms with Crippen molar-refractivity contribution in [3.63, 3.8) is 0 Å². The number of carbonyl (C=O) groups is 2. The van der Waals surface area contributed by atoms with Gasteiger partial charge in [-0.2, -0.15) is 15.3 Å². The second-order valence-electron chi connectivity index (χ2n) is 6.58. The molecule has 0 atom stereocenters. The predicted molar refractivity (Wildman–Crippen MR) is 102 cm³/mol. The summed E-state index contributed by atoms with van der Waals surface area (Å²) in [6.07, 6.45) is 1.38. The summed E-state index contributed by atoms with van der Waals surface area (Å²) in [5.41, 5.74) is 6.83. The Labute approximate surface area is 168 Å². The van der Waals surface area contributed by atoms with Gasteiger partial charge < -0.3 is 15.9 Å². The van der Waals surface area contributed by atoms with Crippen molar-refractivity contribution in [2.24, 2.45) is 12.8 Å². The number of aromatic amines is 1. The summed E-state index contributed by atoms with van der Waals surface area (Å²) in [6.45, 7) is 1.62. The highest BCUT2D eigenvalue weighted by atomic mass is 16.4. The molecule has 0 fully saturated rings. The third-order valence-electron chi connectivity index (χ3n) is 4.55. The van der Waals surface area contributed by atoms with Crippen LogP contribution in [-0.4, -0.2) is 61.8 Å². The first-order valence-electron chi connectivity index (χ1n) is 8.80. The van der Waals surface area contributed by atoms with Crippen molar-refractivity contribution in [2.45, 2.75) is 19.9 Å². The zero-order valence-corrected chi connectivity index (χ0v) is 16.0. The number of carbonyl (C=O) groups excluding carboxylic acids is 1. The largest absolute Gasteiger partial charge is 0.504 e. The van der Waals surface area contributed by atoms with Gasteiger partial charge in [0.25, 0.3) is 5.91 Å². The molecule has 13 nitrogen and oxygen atoms in total. The SMILES string of the molecule is Cc1nn(CCC(=O)O)c(-c2nc(-c3nc(C(N)=O)cc4c3cnn4C)n[nH]2)c1O. The van der Waals surface area contributed by atoms with Gasteiger partial charge in [-0.15, -0.1) is 0 Å². The number of H-pyrrole nitrogens is 1. The molecule has 0 spiro atoms. The fraction of sp³-hybridized carbons (Fsp3) is 0.235. The molecule has 154 valence electrons. The lowest BCUT2D eigenvalue weighted by Gasteiger charge is -2.03. The highest BCUT2D eigenvalue weighted by Crippen LogP contribution is 2.32. The van der Waals surface area contributed by atoms with Gasteiger partial charge in [-0.05, 0) is 13.0 Å². The van der Waals surface area contributed by atoms with E-state index in [-0.39, 0.29) is 47.4 Å². The molecule has 0 radical (unpaired) electrons. The summed E-state index contributed by atoms with van der Waals surface area (Å²) in [5.74, 6) is -1.55. The summed E-state index contributed by atoms with van der Waals surface area (Å²) in [4.78, 5) is 31.3. The molecule has 0 aliphatic carbocycles. The van der Waals surface area contributed by atoms with E-state index >= 15 is 0 Å². The number of hydrogen-bond donors (Lipinski definition) is 4. The highest BCUT2D eigenvalue weighted by Gasteiger charge is 2.23. The van der Waals surface area contributed by atoms with Gasteiger partial charge >= 0.3 is 5.97 Å². The Morgan fingerprint density at radius 3 is 2.77 bits per heavy atom. The number of aliphatic carboxylic acids is 1. The second kappa shape index (κ2) is 6.95. The number of nitrogens with zero attached hydrogens (tertiary/aromatic N) is 7. The van der Waals surface area contributed by atoms with E-state index < -0.39 is 11.9 Å². The van der Waals surface area contributed by atoms with E-state index in [9.17, 15) is 14.7 Å². The van der Waals surface area contributed by atoms with Gasteiger partial charge in [-0.3, -0.25) is 24.1 Å². The van der Waals surface area contributed by atoms with Crippen LogP contribution >= 0.6 is 0 Å². The molecule has 0 aliphatic rings. The predicted octanol–water partition coefficient (Wildman–Crippen LogP) is 0.205. The third-order valence-corrected chi connectivity index (χ3v) is 4.55. The molecule has 0 saturated heterocycles. The standard InChI is InChI=1S/C17H17N9O4/c1-7-14(29)13(26(24-7)4-3-11(27)28)17-21-16(22-23-17)12-8-6-19-25(2)10(8)5-9(20-12)15(18)30/h5-6,29H,3-4H2,1-2H3,(H2,18,30)(H,27,28)(H,21,22,23). The van der Waals surface area contributed by atoms with E-state index in [1.165, 1.54) is 10.7 Å². The molecule has 4 aromatic heterocycles. The highest BCUT2D eigenvalue weighted by molar-refractivity contribution is 5.99. The van der Waals surface area contributed by atoms with Crippen molar-refractivity contribution in [1.82, 2.24) is 39.7 Å². The molecule has 13 heteroatoms. The Kier molecular flexibility index (Phi) is 4.41. The molecule has 0 unspecified atom stereocenters. The maximum absolute atomic E-state index is 11.7. The van der Waals surface area contributed by atoms with Crippen molar-refractivity contribution in [3.8, 4) is 28.8 Å². The van der Waals surface area contributed by atoms with E-state index in [0.29, 0.717) is 16.6 Å². The second-order valence-corrected chi connectivity index (χ2v) is 6.58. The molecular formula is C17H17N9O4. The van der Waals surface area contributed by atoms with Gasteiger partial charge in [-0.1, -0.05) is 0 Å². The molecule has 0 aromatic carbocycles. The fourth-order valence-electron chi connectivity index (χ4n) is 3.08. The number of carboxylic acid groups (broad SMARTS) is 1.